The van der Waals surface area contributed by atoms with E-state index in [1.165, 1.54) is 6.42 Å². The average Bonchev–Trinajstić information content (AvgIpc) is 2.74. The SMILES string of the molecule is CC(C)CC(=O)N1CCCCC1C1CCCC1O. The van der Waals surface area contributed by atoms with Gasteiger partial charge in [0, 0.05) is 24.9 Å². The highest BCUT2D eigenvalue weighted by Crippen LogP contribution is 2.35. The second-order valence-electron chi connectivity index (χ2n) is 6.41. The van der Waals surface area contributed by atoms with Crippen LogP contribution in [-0.2, 0) is 4.79 Å². The lowest BCUT2D eigenvalue weighted by Crippen LogP contribution is -2.49. The summed E-state index contributed by atoms with van der Waals surface area (Å²) >= 11 is 0. The Morgan fingerprint density at radius 2 is 2.00 bits per heavy atom. The van der Waals surface area contributed by atoms with Gasteiger partial charge in [-0.05, 0) is 38.0 Å². The third-order valence-electron chi connectivity index (χ3n) is 4.48. The summed E-state index contributed by atoms with van der Waals surface area (Å²) in [5.74, 6) is 1.06. The number of nitrogens with zero attached hydrogens (tertiary/aromatic N) is 1. The van der Waals surface area contributed by atoms with Crippen molar-refractivity contribution in [3.63, 3.8) is 0 Å². The van der Waals surface area contributed by atoms with Gasteiger partial charge >= 0.3 is 0 Å². The molecule has 3 unspecified atom stereocenters. The van der Waals surface area contributed by atoms with E-state index in [1.807, 2.05) is 0 Å². The van der Waals surface area contributed by atoms with E-state index in [2.05, 4.69) is 18.7 Å². The Balaban J connectivity index is 2.03. The van der Waals surface area contributed by atoms with Crippen molar-refractivity contribution in [2.24, 2.45) is 11.8 Å². The number of aliphatic hydroxyl groups excluding tert-OH is 1. The smallest absolute Gasteiger partial charge is 0.223 e. The monoisotopic (exact) mass is 253 g/mol. The number of likely N-dealkylation sites (tertiary alicyclic amines) is 1. The maximum atomic E-state index is 12.3. The number of hydrogen-bond acceptors (Lipinski definition) is 2. The molecule has 1 aliphatic carbocycles. The lowest BCUT2D eigenvalue weighted by molar-refractivity contribution is -0.138. The van der Waals surface area contributed by atoms with Crippen molar-refractivity contribution in [1.82, 2.24) is 4.90 Å². The van der Waals surface area contributed by atoms with Crippen LogP contribution in [0, 0.1) is 11.8 Å². The van der Waals surface area contributed by atoms with Gasteiger partial charge in [0.1, 0.15) is 0 Å². The maximum Gasteiger partial charge on any atom is 0.223 e. The van der Waals surface area contributed by atoms with E-state index in [1.54, 1.807) is 0 Å². The molecule has 2 rings (SSSR count). The molecule has 2 aliphatic rings. The van der Waals surface area contributed by atoms with Crippen LogP contribution in [0.25, 0.3) is 0 Å². The van der Waals surface area contributed by atoms with Crippen LogP contribution < -0.4 is 0 Å². The summed E-state index contributed by atoms with van der Waals surface area (Å²) < 4.78 is 0. The van der Waals surface area contributed by atoms with Crippen molar-refractivity contribution in [3.05, 3.63) is 0 Å². The molecular weight excluding hydrogens is 226 g/mol. The molecule has 0 aromatic carbocycles. The fraction of sp³-hybridized carbons (Fsp3) is 0.933. The van der Waals surface area contributed by atoms with Gasteiger partial charge in [-0.2, -0.15) is 0 Å². The van der Waals surface area contributed by atoms with Crippen LogP contribution in [0.15, 0.2) is 0 Å². The van der Waals surface area contributed by atoms with E-state index in [9.17, 15) is 9.90 Å². The van der Waals surface area contributed by atoms with Gasteiger partial charge in [-0.3, -0.25) is 4.79 Å². The molecule has 1 N–H and O–H groups in total. The quantitative estimate of drug-likeness (QED) is 0.840. The Labute approximate surface area is 111 Å². The molecule has 3 heteroatoms. The number of piperidine rings is 1. The first kappa shape index (κ1) is 13.9. The Morgan fingerprint density at radius 1 is 1.22 bits per heavy atom. The highest BCUT2D eigenvalue weighted by Gasteiger charge is 2.38. The summed E-state index contributed by atoms with van der Waals surface area (Å²) in [6.07, 6.45) is 7.04. The summed E-state index contributed by atoms with van der Waals surface area (Å²) in [6, 6.07) is 0.308. The third-order valence-corrected chi connectivity index (χ3v) is 4.48. The lowest BCUT2D eigenvalue weighted by atomic mass is 9.87. The van der Waals surface area contributed by atoms with Crippen LogP contribution in [0.3, 0.4) is 0 Å². The third kappa shape index (κ3) is 3.05. The molecule has 3 atom stereocenters. The van der Waals surface area contributed by atoms with E-state index < -0.39 is 0 Å². The summed E-state index contributed by atoms with van der Waals surface area (Å²) in [4.78, 5) is 14.4. The Kier molecular flexibility index (Phi) is 4.66. The van der Waals surface area contributed by atoms with Gasteiger partial charge < -0.3 is 10.0 Å². The molecule has 0 spiro atoms. The standard InChI is InChI=1S/C15H27NO2/c1-11(2)10-15(18)16-9-4-3-7-13(16)12-6-5-8-14(12)17/h11-14,17H,3-10H2,1-2H3. The number of carbonyl (C=O) groups is 1. The van der Waals surface area contributed by atoms with Gasteiger partial charge in [0.2, 0.25) is 5.91 Å². The van der Waals surface area contributed by atoms with Crippen molar-refractivity contribution < 1.29 is 9.90 Å². The number of amides is 1. The summed E-state index contributed by atoms with van der Waals surface area (Å²) in [5, 5.41) is 10.1. The highest BCUT2D eigenvalue weighted by molar-refractivity contribution is 5.76. The molecule has 0 aromatic heterocycles. The van der Waals surface area contributed by atoms with E-state index in [4.69, 9.17) is 0 Å². The number of rotatable bonds is 3. The first-order chi connectivity index (χ1) is 8.59. The molecule has 104 valence electrons. The molecule has 2 fully saturated rings. The van der Waals surface area contributed by atoms with Crippen LogP contribution in [-0.4, -0.2) is 34.6 Å². The molecule has 1 saturated carbocycles. The van der Waals surface area contributed by atoms with Gasteiger partial charge in [-0.15, -0.1) is 0 Å². The van der Waals surface area contributed by atoms with Gasteiger partial charge in [-0.1, -0.05) is 20.3 Å². The van der Waals surface area contributed by atoms with Gasteiger partial charge in [0.05, 0.1) is 6.10 Å². The van der Waals surface area contributed by atoms with Crippen molar-refractivity contribution in [3.8, 4) is 0 Å². The summed E-state index contributed by atoms with van der Waals surface area (Å²) in [6.45, 7) is 5.10. The van der Waals surface area contributed by atoms with Gasteiger partial charge in [-0.25, -0.2) is 0 Å². The Morgan fingerprint density at radius 3 is 2.61 bits per heavy atom. The maximum absolute atomic E-state index is 12.3. The second-order valence-corrected chi connectivity index (χ2v) is 6.41. The Hall–Kier alpha value is -0.570. The Bertz CT molecular complexity index is 290. The topological polar surface area (TPSA) is 40.5 Å². The largest absolute Gasteiger partial charge is 0.393 e. The van der Waals surface area contributed by atoms with E-state index in [0.29, 0.717) is 30.2 Å². The van der Waals surface area contributed by atoms with Crippen molar-refractivity contribution in [2.45, 2.75) is 70.9 Å². The molecule has 0 radical (unpaired) electrons. The average molecular weight is 253 g/mol. The zero-order valence-electron chi connectivity index (χ0n) is 11.8. The first-order valence-electron chi connectivity index (χ1n) is 7.57. The van der Waals surface area contributed by atoms with Gasteiger partial charge in [0.15, 0.2) is 0 Å². The number of carbonyl (C=O) groups excluding carboxylic acids is 1. The predicted octanol–water partition coefficient (Wildman–Crippen LogP) is 2.57. The molecular formula is C15H27NO2. The molecule has 1 amide bonds. The van der Waals surface area contributed by atoms with E-state index in [0.717, 1.165) is 38.6 Å². The zero-order valence-corrected chi connectivity index (χ0v) is 11.8. The van der Waals surface area contributed by atoms with Gasteiger partial charge in [0.25, 0.3) is 0 Å². The first-order valence-corrected chi connectivity index (χ1v) is 7.57. The van der Waals surface area contributed by atoms with Crippen LogP contribution in [0.1, 0.15) is 58.8 Å². The van der Waals surface area contributed by atoms with Crippen LogP contribution in [0.5, 0.6) is 0 Å². The predicted molar refractivity (Wildman–Crippen MR) is 72.2 cm³/mol. The molecule has 0 bridgehead atoms. The fourth-order valence-corrected chi connectivity index (χ4v) is 3.60. The van der Waals surface area contributed by atoms with Crippen molar-refractivity contribution in [2.75, 3.05) is 6.54 Å². The summed E-state index contributed by atoms with van der Waals surface area (Å²) in [7, 11) is 0. The second kappa shape index (κ2) is 6.05. The normalized spacial score (nSPS) is 33.1. The molecule has 0 aromatic rings. The molecule has 18 heavy (non-hydrogen) atoms. The minimum Gasteiger partial charge on any atom is -0.393 e. The summed E-state index contributed by atoms with van der Waals surface area (Å²) in [5.41, 5.74) is 0. The highest BCUT2D eigenvalue weighted by atomic mass is 16.3. The number of hydrogen-bond donors (Lipinski definition) is 1. The van der Waals surface area contributed by atoms with Crippen LogP contribution in [0.2, 0.25) is 0 Å². The minimum absolute atomic E-state index is 0.178. The molecule has 1 heterocycles. The molecule has 3 nitrogen and oxygen atoms in total. The van der Waals surface area contributed by atoms with Crippen LogP contribution in [0.4, 0.5) is 0 Å². The lowest BCUT2D eigenvalue weighted by Gasteiger charge is -2.40. The number of aliphatic hydroxyl groups is 1. The molecule has 1 saturated heterocycles. The minimum atomic E-state index is -0.178. The van der Waals surface area contributed by atoms with E-state index >= 15 is 0 Å². The van der Waals surface area contributed by atoms with E-state index in [-0.39, 0.29) is 6.10 Å². The van der Waals surface area contributed by atoms with Crippen molar-refractivity contribution >= 4 is 5.91 Å². The fourth-order valence-electron chi connectivity index (χ4n) is 3.60. The van der Waals surface area contributed by atoms with Crippen molar-refractivity contribution in [1.29, 1.82) is 0 Å². The van der Waals surface area contributed by atoms with Crippen LogP contribution >= 0.6 is 0 Å². The zero-order chi connectivity index (χ0) is 13.1. The molecule has 1 aliphatic heterocycles.